The Morgan fingerprint density at radius 2 is 2.00 bits per heavy atom. The van der Waals surface area contributed by atoms with Gasteiger partial charge in [-0.15, -0.1) is 0 Å². The predicted octanol–water partition coefficient (Wildman–Crippen LogP) is 3.01. The lowest BCUT2D eigenvalue weighted by Crippen LogP contribution is -2.41. The van der Waals surface area contributed by atoms with Crippen molar-refractivity contribution in [1.82, 2.24) is 0 Å². The second kappa shape index (κ2) is 5.04. The fourth-order valence-corrected chi connectivity index (χ4v) is 2.98. The molecule has 0 radical (unpaired) electrons. The molecule has 0 amide bonds. The van der Waals surface area contributed by atoms with Crippen LogP contribution in [0.25, 0.3) is 0 Å². The number of benzene rings is 1. The molecule has 0 unspecified atom stereocenters. The molecule has 104 valence electrons. The second-order valence-electron chi connectivity index (χ2n) is 5.87. The Morgan fingerprint density at radius 1 is 1.21 bits per heavy atom. The van der Waals surface area contributed by atoms with Crippen LogP contribution in [0, 0.1) is 0 Å². The Kier molecular flexibility index (Phi) is 3.40. The van der Waals surface area contributed by atoms with Gasteiger partial charge in [-0.05, 0) is 49.8 Å². The van der Waals surface area contributed by atoms with Crippen molar-refractivity contribution in [2.24, 2.45) is 5.73 Å². The smallest absolute Gasteiger partial charge is 0.161 e. The summed E-state index contributed by atoms with van der Waals surface area (Å²) in [6.07, 6.45) is 7.65. The van der Waals surface area contributed by atoms with E-state index >= 15 is 0 Å². The molecule has 0 saturated heterocycles. The van der Waals surface area contributed by atoms with Crippen molar-refractivity contribution in [3.8, 4) is 11.5 Å². The molecular formula is C16H23NO2. The summed E-state index contributed by atoms with van der Waals surface area (Å²) in [6, 6.07) is 6.35. The van der Waals surface area contributed by atoms with Crippen LogP contribution < -0.4 is 15.2 Å². The maximum absolute atomic E-state index is 5.97. The van der Waals surface area contributed by atoms with Crippen molar-refractivity contribution < 1.29 is 9.47 Å². The fraction of sp³-hybridized carbons (Fsp3) is 0.625. The minimum absolute atomic E-state index is 0.183. The molecule has 3 heteroatoms. The molecule has 2 aliphatic rings. The molecule has 2 aliphatic carbocycles. The van der Waals surface area contributed by atoms with Crippen LogP contribution in [0.1, 0.15) is 44.1 Å². The molecule has 0 aliphatic heterocycles. The monoisotopic (exact) mass is 261 g/mol. The molecule has 0 atom stereocenters. The van der Waals surface area contributed by atoms with E-state index in [0.717, 1.165) is 30.9 Å². The molecule has 1 aromatic rings. The highest BCUT2D eigenvalue weighted by Gasteiger charge is 2.37. The zero-order chi connectivity index (χ0) is 13.3. The summed E-state index contributed by atoms with van der Waals surface area (Å²) in [4.78, 5) is 0. The number of ether oxygens (including phenoxy) is 2. The minimum atomic E-state index is 0.183. The van der Waals surface area contributed by atoms with Crippen molar-refractivity contribution >= 4 is 0 Å². The summed E-state index contributed by atoms with van der Waals surface area (Å²) in [7, 11) is 1.71. The number of hydrogen-bond acceptors (Lipinski definition) is 3. The van der Waals surface area contributed by atoms with E-state index in [1.807, 2.05) is 0 Å². The molecule has 2 fully saturated rings. The van der Waals surface area contributed by atoms with Gasteiger partial charge in [0.05, 0.1) is 13.2 Å². The normalized spacial score (nSPS) is 21.4. The minimum Gasteiger partial charge on any atom is -0.493 e. The standard InChI is InChI=1S/C16H23NO2/c1-18-15-10-12(16(11-17)8-3-9-16)6-7-14(15)19-13-4-2-5-13/h6-7,10,13H,2-5,8-9,11,17H2,1H3. The lowest BCUT2D eigenvalue weighted by Gasteiger charge is -2.41. The van der Waals surface area contributed by atoms with Gasteiger partial charge < -0.3 is 15.2 Å². The first kappa shape index (κ1) is 12.8. The molecule has 0 bridgehead atoms. The first-order valence-corrected chi connectivity index (χ1v) is 7.33. The molecule has 2 saturated carbocycles. The summed E-state index contributed by atoms with van der Waals surface area (Å²) in [6.45, 7) is 0.721. The lowest BCUT2D eigenvalue weighted by atomic mass is 9.64. The van der Waals surface area contributed by atoms with Crippen molar-refractivity contribution in [1.29, 1.82) is 0 Å². The third kappa shape index (κ3) is 2.20. The maximum Gasteiger partial charge on any atom is 0.161 e. The molecule has 19 heavy (non-hydrogen) atoms. The summed E-state index contributed by atoms with van der Waals surface area (Å²) in [5.74, 6) is 1.73. The second-order valence-corrected chi connectivity index (χ2v) is 5.87. The zero-order valence-corrected chi connectivity index (χ0v) is 11.7. The van der Waals surface area contributed by atoms with Crippen LogP contribution in [-0.4, -0.2) is 19.8 Å². The highest BCUT2D eigenvalue weighted by atomic mass is 16.5. The number of nitrogens with two attached hydrogens (primary N) is 1. The Bertz CT molecular complexity index is 445. The molecule has 0 aromatic heterocycles. The van der Waals surface area contributed by atoms with E-state index in [9.17, 15) is 0 Å². The molecule has 3 rings (SSSR count). The van der Waals surface area contributed by atoms with Gasteiger partial charge in [0.1, 0.15) is 0 Å². The largest absolute Gasteiger partial charge is 0.493 e. The highest BCUT2D eigenvalue weighted by molar-refractivity contribution is 5.46. The zero-order valence-electron chi connectivity index (χ0n) is 11.7. The van der Waals surface area contributed by atoms with Crippen molar-refractivity contribution in [2.45, 2.75) is 50.0 Å². The van der Waals surface area contributed by atoms with Crippen LogP contribution in [0.2, 0.25) is 0 Å². The summed E-state index contributed by atoms with van der Waals surface area (Å²) < 4.78 is 11.5. The van der Waals surface area contributed by atoms with Gasteiger partial charge in [0, 0.05) is 12.0 Å². The van der Waals surface area contributed by atoms with E-state index in [4.69, 9.17) is 15.2 Å². The first-order valence-electron chi connectivity index (χ1n) is 7.33. The van der Waals surface area contributed by atoms with E-state index in [2.05, 4.69) is 18.2 Å². The number of rotatable bonds is 5. The van der Waals surface area contributed by atoms with E-state index in [-0.39, 0.29) is 5.41 Å². The first-order chi connectivity index (χ1) is 9.27. The Balaban J connectivity index is 1.83. The average molecular weight is 261 g/mol. The number of methoxy groups -OCH3 is 1. The molecule has 2 N–H and O–H groups in total. The van der Waals surface area contributed by atoms with Gasteiger partial charge in [-0.1, -0.05) is 12.5 Å². The van der Waals surface area contributed by atoms with Crippen LogP contribution in [0.15, 0.2) is 18.2 Å². The molecular weight excluding hydrogens is 238 g/mol. The van der Waals surface area contributed by atoms with Crippen molar-refractivity contribution in [3.63, 3.8) is 0 Å². The van der Waals surface area contributed by atoms with Crippen LogP contribution in [0.3, 0.4) is 0 Å². The third-order valence-corrected chi connectivity index (χ3v) is 4.82. The van der Waals surface area contributed by atoms with Crippen LogP contribution in [0.4, 0.5) is 0 Å². The van der Waals surface area contributed by atoms with E-state index < -0.39 is 0 Å². The highest BCUT2D eigenvalue weighted by Crippen LogP contribution is 2.45. The van der Waals surface area contributed by atoms with Gasteiger partial charge >= 0.3 is 0 Å². The van der Waals surface area contributed by atoms with Crippen molar-refractivity contribution in [3.05, 3.63) is 23.8 Å². The quantitative estimate of drug-likeness (QED) is 0.886. The SMILES string of the molecule is COc1cc(C2(CN)CCC2)ccc1OC1CCC1. The van der Waals surface area contributed by atoms with Gasteiger partial charge in [-0.3, -0.25) is 0 Å². The van der Waals surface area contributed by atoms with Crippen molar-refractivity contribution in [2.75, 3.05) is 13.7 Å². The Hall–Kier alpha value is -1.22. The molecule has 0 heterocycles. The van der Waals surface area contributed by atoms with Crippen LogP contribution >= 0.6 is 0 Å². The Labute approximate surface area is 115 Å². The fourth-order valence-electron chi connectivity index (χ4n) is 2.98. The van der Waals surface area contributed by atoms with E-state index in [1.54, 1.807) is 7.11 Å². The molecule has 1 aromatic carbocycles. The summed E-state index contributed by atoms with van der Waals surface area (Å²) >= 11 is 0. The molecule has 3 nitrogen and oxygen atoms in total. The maximum atomic E-state index is 5.97. The van der Waals surface area contributed by atoms with Gasteiger partial charge in [0.25, 0.3) is 0 Å². The van der Waals surface area contributed by atoms with E-state index in [1.165, 1.54) is 31.2 Å². The van der Waals surface area contributed by atoms with E-state index in [0.29, 0.717) is 6.10 Å². The average Bonchev–Trinajstić information content (AvgIpc) is 2.34. The summed E-state index contributed by atoms with van der Waals surface area (Å²) in [5.41, 5.74) is 7.46. The third-order valence-electron chi connectivity index (χ3n) is 4.82. The van der Waals surface area contributed by atoms with Gasteiger partial charge in [0.15, 0.2) is 11.5 Å². The lowest BCUT2D eigenvalue weighted by molar-refractivity contribution is 0.116. The van der Waals surface area contributed by atoms with Crippen LogP contribution in [-0.2, 0) is 5.41 Å². The topological polar surface area (TPSA) is 44.5 Å². The summed E-state index contributed by atoms with van der Waals surface area (Å²) in [5, 5.41) is 0. The van der Waals surface area contributed by atoms with Gasteiger partial charge in [-0.25, -0.2) is 0 Å². The van der Waals surface area contributed by atoms with Gasteiger partial charge in [-0.2, -0.15) is 0 Å². The van der Waals surface area contributed by atoms with Crippen LogP contribution in [0.5, 0.6) is 11.5 Å². The Morgan fingerprint density at radius 3 is 2.47 bits per heavy atom. The predicted molar refractivity (Wildman–Crippen MR) is 75.8 cm³/mol. The molecule has 0 spiro atoms. The van der Waals surface area contributed by atoms with Gasteiger partial charge in [0.2, 0.25) is 0 Å². The number of hydrogen-bond donors (Lipinski definition) is 1.